The fourth-order valence-electron chi connectivity index (χ4n) is 5.64. The molecule has 1 aliphatic carbocycles. The van der Waals surface area contributed by atoms with Crippen molar-refractivity contribution < 1.29 is 0 Å². The van der Waals surface area contributed by atoms with Crippen LogP contribution in [0, 0.1) is 13.8 Å². The average Bonchev–Trinajstić information content (AvgIpc) is 3.12. The van der Waals surface area contributed by atoms with Crippen molar-refractivity contribution in [3.8, 4) is 33.4 Å². The number of rotatable bonds is 1. The Morgan fingerprint density at radius 3 is 2.16 bits per heavy atom. The van der Waals surface area contributed by atoms with E-state index in [0.717, 1.165) is 5.52 Å². The number of nitrogens with zero attached hydrogens (tertiary/aromatic N) is 1. The predicted octanol–water partition coefficient (Wildman–Crippen LogP) is 8.47. The predicted molar refractivity (Wildman–Crippen MR) is 136 cm³/mol. The van der Waals surface area contributed by atoms with Crippen LogP contribution in [0.1, 0.15) is 11.1 Å². The molecule has 0 amide bonds. The molecule has 7 rings (SSSR count). The van der Waals surface area contributed by atoms with Crippen LogP contribution in [0.2, 0.25) is 0 Å². The molecule has 6 aromatic rings. The van der Waals surface area contributed by atoms with Gasteiger partial charge in [0.05, 0.1) is 5.52 Å². The van der Waals surface area contributed by atoms with Gasteiger partial charge < -0.3 is 0 Å². The lowest BCUT2D eigenvalue weighted by Gasteiger charge is -2.16. The van der Waals surface area contributed by atoms with Crippen LogP contribution in [0.4, 0.5) is 0 Å². The highest BCUT2D eigenvalue weighted by atomic mass is 14.6. The zero-order valence-corrected chi connectivity index (χ0v) is 18.1. The minimum absolute atomic E-state index is 1.06. The first-order valence-electron chi connectivity index (χ1n) is 11.1. The summed E-state index contributed by atoms with van der Waals surface area (Å²) in [6.45, 7) is 4.40. The van der Waals surface area contributed by atoms with E-state index in [9.17, 15) is 0 Å². The molecule has 0 saturated carbocycles. The van der Waals surface area contributed by atoms with Crippen LogP contribution in [0.25, 0.3) is 65.8 Å². The van der Waals surface area contributed by atoms with Gasteiger partial charge in [0, 0.05) is 11.6 Å². The van der Waals surface area contributed by atoms with Gasteiger partial charge in [-0.25, -0.2) is 0 Å². The Morgan fingerprint density at radius 1 is 0.531 bits per heavy atom. The van der Waals surface area contributed by atoms with Crippen molar-refractivity contribution in [3.63, 3.8) is 0 Å². The summed E-state index contributed by atoms with van der Waals surface area (Å²) in [5.74, 6) is 0. The molecule has 5 aromatic carbocycles. The minimum atomic E-state index is 1.06. The maximum Gasteiger partial charge on any atom is 0.0714 e. The van der Waals surface area contributed by atoms with Gasteiger partial charge in [0.15, 0.2) is 0 Å². The lowest BCUT2D eigenvalue weighted by Crippen LogP contribution is -1.90. The van der Waals surface area contributed by atoms with Crippen molar-refractivity contribution in [2.75, 3.05) is 0 Å². The highest BCUT2D eigenvalue weighted by Crippen LogP contribution is 2.53. The van der Waals surface area contributed by atoms with Crippen molar-refractivity contribution in [3.05, 3.63) is 102 Å². The van der Waals surface area contributed by atoms with E-state index in [0.29, 0.717) is 0 Å². The molecule has 0 unspecified atom stereocenters. The van der Waals surface area contributed by atoms with Crippen LogP contribution >= 0.6 is 0 Å². The van der Waals surface area contributed by atoms with Gasteiger partial charge in [0.25, 0.3) is 0 Å². The van der Waals surface area contributed by atoms with E-state index in [1.165, 1.54) is 71.4 Å². The monoisotopic (exact) mass is 407 g/mol. The highest BCUT2D eigenvalue weighted by Gasteiger charge is 2.26. The fourth-order valence-corrected chi connectivity index (χ4v) is 5.64. The standard InChI is InChI=1S/C31H21N/c1-18-13-20-7-3-4-8-21(20)25(14-18)27-16-19(2)15-26-24-10-5-9-23-22-11-6-12-32-29(22)17-28(30(23)24)31(26)27/h3-17H,1-2H3. The Kier molecular flexibility index (Phi) is 3.47. The SMILES string of the molecule is Cc1cc(-c2cc(C)cc3ccccc23)c2c(c1)-c1cccc3c1c-2cc1ncccc13. The molecule has 0 saturated heterocycles. The zero-order chi connectivity index (χ0) is 21.4. The van der Waals surface area contributed by atoms with E-state index in [-0.39, 0.29) is 0 Å². The summed E-state index contributed by atoms with van der Waals surface area (Å²) in [7, 11) is 0. The van der Waals surface area contributed by atoms with Crippen molar-refractivity contribution >= 4 is 32.4 Å². The van der Waals surface area contributed by atoms with Gasteiger partial charge in [-0.15, -0.1) is 0 Å². The summed E-state index contributed by atoms with van der Waals surface area (Å²) in [5.41, 5.74) is 11.6. The van der Waals surface area contributed by atoms with Gasteiger partial charge in [-0.05, 0) is 92.0 Å². The fraction of sp³-hybridized carbons (Fsp3) is 0.0645. The number of benzene rings is 5. The molecular weight excluding hydrogens is 386 g/mol. The topological polar surface area (TPSA) is 12.9 Å². The molecular formula is C31H21N. The minimum Gasteiger partial charge on any atom is -0.256 e. The van der Waals surface area contributed by atoms with E-state index in [4.69, 9.17) is 4.98 Å². The smallest absolute Gasteiger partial charge is 0.0714 e. The summed E-state index contributed by atoms with van der Waals surface area (Å²) in [6, 6.07) is 31.3. The van der Waals surface area contributed by atoms with E-state index in [1.807, 2.05) is 12.3 Å². The Bertz CT molecular complexity index is 1740. The third-order valence-corrected chi connectivity index (χ3v) is 6.88. The Labute approximate surface area is 187 Å². The maximum absolute atomic E-state index is 4.72. The Morgan fingerprint density at radius 2 is 1.25 bits per heavy atom. The summed E-state index contributed by atoms with van der Waals surface area (Å²) in [5, 5.41) is 6.46. The van der Waals surface area contributed by atoms with Crippen LogP contribution in [0.5, 0.6) is 0 Å². The Balaban J connectivity index is 1.67. The molecule has 0 radical (unpaired) electrons. The molecule has 1 heteroatoms. The summed E-state index contributed by atoms with van der Waals surface area (Å²) in [6.07, 6.45) is 1.89. The van der Waals surface area contributed by atoms with Crippen LogP contribution in [0.3, 0.4) is 0 Å². The summed E-state index contributed by atoms with van der Waals surface area (Å²) >= 11 is 0. The van der Waals surface area contributed by atoms with E-state index < -0.39 is 0 Å². The molecule has 0 bridgehead atoms. The average molecular weight is 408 g/mol. The molecule has 1 nitrogen and oxygen atoms in total. The van der Waals surface area contributed by atoms with Crippen LogP contribution < -0.4 is 0 Å². The molecule has 1 heterocycles. The van der Waals surface area contributed by atoms with Crippen LogP contribution in [-0.2, 0) is 0 Å². The number of hydrogen-bond donors (Lipinski definition) is 0. The van der Waals surface area contributed by atoms with Gasteiger partial charge in [-0.3, -0.25) is 4.98 Å². The molecule has 0 spiro atoms. The third kappa shape index (κ3) is 2.31. The third-order valence-electron chi connectivity index (χ3n) is 6.88. The second-order valence-corrected chi connectivity index (χ2v) is 8.99. The van der Waals surface area contributed by atoms with Crippen molar-refractivity contribution in [2.45, 2.75) is 13.8 Å². The van der Waals surface area contributed by atoms with Gasteiger partial charge in [-0.2, -0.15) is 0 Å². The van der Waals surface area contributed by atoms with Crippen molar-refractivity contribution in [1.29, 1.82) is 0 Å². The second kappa shape index (κ2) is 6.27. The first kappa shape index (κ1) is 17.7. The number of aromatic nitrogens is 1. The largest absolute Gasteiger partial charge is 0.256 e. The van der Waals surface area contributed by atoms with Gasteiger partial charge in [0.1, 0.15) is 0 Å². The van der Waals surface area contributed by atoms with Gasteiger partial charge >= 0.3 is 0 Å². The molecule has 32 heavy (non-hydrogen) atoms. The van der Waals surface area contributed by atoms with Gasteiger partial charge in [0.2, 0.25) is 0 Å². The maximum atomic E-state index is 4.72. The number of hydrogen-bond acceptors (Lipinski definition) is 1. The Hall–Kier alpha value is -3.97. The zero-order valence-electron chi connectivity index (χ0n) is 18.1. The van der Waals surface area contributed by atoms with Crippen molar-refractivity contribution in [2.24, 2.45) is 0 Å². The molecule has 1 aliphatic rings. The second-order valence-electron chi connectivity index (χ2n) is 8.99. The summed E-state index contributed by atoms with van der Waals surface area (Å²) < 4.78 is 0. The normalized spacial score (nSPS) is 12.1. The first-order valence-corrected chi connectivity index (χ1v) is 11.1. The number of fused-ring (bicyclic) bond motifs is 6. The van der Waals surface area contributed by atoms with Crippen LogP contribution in [-0.4, -0.2) is 4.98 Å². The lowest BCUT2D eigenvalue weighted by atomic mass is 9.88. The highest BCUT2D eigenvalue weighted by molar-refractivity contribution is 6.25. The van der Waals surface area contributed by atoms with Crippen LogP contribution in [0.15, 0.2) is 91.1 Å². The van der Waals surface area contributed by atoms with E-state index in [1.54, 1.807) is 0 Å². The number of pyridine rings is 1. The molecule has 0 N–H and O–H groups in total. The molecule has 0 aliphatic heterocycles. The van der Waals surface area contributed by atoms with E-state index >= 15 is 0 Å². The molecule has 0 atom stereocenters. The molecule has 150 valence electrons. The van der Waals surface area contributed by atoms with E-state index in [2.05, 4.69) is 92.7 Å². The quantitative estimate of drug-likeness (QED) is 0.249. The van der Waals surface area contributed by atoms with Crippen molar-refractivity contribution in [1.82, 2.24) is 4.98 Å². The molecule has 0 fully saturated rings. The molecule has 1 aromatic heterocycles. The number of aryl methyl sites for hydroxylation is 2. The lowest BCUT2D eigenvalue weighted by molar-refractivity contribution is 1.42. The summed E-state index contributed by atoms with van der Waals surface area (Å²) in [4.78, 5) is 4.72. The van der Waals surface area contributed by atoms with Gasteiger partial charge in [-0.1, -0.05) is 72.8 Å². The first-order chi connectivity index (χ1) is 15.7.